The molecule has 4 heteroatoms. The first-order chi connectivity index (χ1) is 10.2. The fourth-order valence-corrected chi connectivity index (χ4v) is 1.85. The summed E-state index contributed by atoms with van der Waals surface area (Å²) in [5.74, 6) is 5.22. The average molecular weight is 281 g/mol. The number of aliphatic hydroxyl groups excluding tert-OH is 1. The number of anilines is 1. The topological polar surface area (TPSA) is 69.6 Å². The Morgan fingerprint density at radius 3 is 2.71 bits per heavy atom. The van der Waals surface area contributed by atoms with E-state index >= 15 is 0 Å². The Bertz CT molecular complexity index is 698. The van der Waals surface area contributed by atoms with Crippen LogP contribution in [-0.2, 0) is 11.2 Å². The minimum atomic E-state index is -0.219. The van der Waals surface area contributed by atoms with Crippen molar-refractivity contribution in [2.45, 2.75) is 6.42 Å². The number of phenols is 1. The van der Waals surface area contributed by atoms with E-state index in [0.717, 1.165) is 0 Å². The first kappa shape index (κ1) is 14.6. The zero-order valence-electron chi connectivity index (χ0n) is 11.3. The van der Waals surface area contributed by atoms with Crippen LogP contribution in [0.25, 0.3) is 0 Å². The molecular weight excluding hydrogens is 266 g/mol. The number of amides is 1. The molecule has 2 rings (SSSR count). The Hall–Kier alpha value is -2.77. The van der Waals surface area contributed by atoms with Gasteiger partial charge < -0.3 is 15.5 Å². The van der Waals surface area contributed by atoms with Crippen molar-refractivity contribution in [2.24, 2.45) is 0 Å². The van der Waals surface area contributed by atoms with Crippen molar-refractivity contribution in [3.8, 4) is 17.6 Å². The summed E-state index contributed by atoms with van der Waals surface area (Å²) in [5.41, 5.74) is 1.91. The van der Waals surface area contributed by atoms with Crippen molar-refractivity contribution in [3.05, 3.63) is 59.7 Å². The predicted molar refractivity (Wildman–Crippen MR) is 80.8 cm³/mol. The molecule has 0 saturated carbocycles. The van der Waals surface area contributed by atoms with Gasteiger partial charge in [0.2, 0.25) is 5.91 Å². The lowest BCUT2D eigenvalue weighted by atomic mass is 10.1. The maximum absolute atomic E-state index is 12.0. The van der Waals surface area contributed by atoms with E-state index in [9.17, 15) is 9.90 Å². The van der Waals surface area contributed by atoms with E-state index in [1.165, 1.54) is 0 Å². The third kappa shape index (κ3) is 4.37. The minimum absolute atomic E-state index is 0.0964. The van der Waals surface area contributed by atoms with E-state index in [-0.39, 0.29) is 24.7 Å². The average Bonchev–Trinajstić information content (AvgIpc) is 2.48. The third-order valence-electron chi connectivity index (χ3n) is 2.80. The SMILES string of the molecule is O=C(Cc1ccccc1O)Nc1cccc(C#CCO)c1. The van der Waals surface area contributed by atoms with Crippen LogP contribution >= 0.6 is 0 Å². The van der Waals surface area contributed by atoms with Gasteiger partial charge in [-0.1, -0.05) is 36.1 Å². The number of nitrogens with one attached hydrogen (secondary N) is 1. The summed E-state index contributed by atoms with van der Waals surface area (Å²) in [6, 6.07) is 13.8. The molecule has 4 nitrogen and oxygen atoms in total. The van der Waals surface area contributed by atoms with Gasteiger partial charge in [-0.3, -0.25) is 4.79 Å². The summed E-state index contributed by atoms with van der Waals surface area (Å²) < 4.78 is 0. The fraction of sp³-hybridized carbons (Fsp3) is 0.118. The van der Waals surface area contributed by atoms with Gasteiger partial charge in [0.25, 0.3) is 0 Å². The van der Waals surface area contributed by atoms with E-state index in [0.29, 0.717) is 16.8 Å². The largest absolute Gasteiger partial charge is 0.508 e. The number of aliphatic hydroxyl groups is 1. The number of para-hydroxylation sites is 1. The van der Waals surface area contributed by atoms with Crippen LogP contribution in [0.3, 0.4) is 0 Å². The lowest BCUT2D eigenvalue weighted by Crippen LogP contribution is -2.14. The Balaban J connectivity index is 2.04. The first-order valence-electron chi connectivity index (χ1n) is 6.45. The molecule has 106 valence electrons. The number of hydrogen-bond acceptors (Lipinski definition) is 3. The summed E-state index contributed by atoms with van der Waals surface area (Å²) in [6.07, 6.45) is 0.0964. The second-order valence-corrected chi connectivity index (χ2v) is 4.39. The van der Waals surface area contributed by atoms with Crippen LogP contribution in [0.15, 0.2) is 48.5 Å². The molecular formula is C17H15NO3. The molecule has 0 saturated heterocycles. The van der Waals surface area contributed by atoms with E-state index in [2.05, 4.69) is 17.2 Å². The van der Waals surface area contributed by atoms with Gasteiger partial charge in [0.05, 0.1) is 6.42 Å². The summed E-state index contributed by atoms with van der Waals surface area (Å²) in [4.78, 5) is 12.0. The van der Waals surface area contributed by atoms with Crippen molar-refractivity contribution in [2.75, 3.05) is 11.9 Å². The molecule has 0 fully saturated rings. The maximum atomic E-state index is 12.0. The minimum Gasteiger partial charge on any atom is -0.508 e. The van der Waals surface area contributed by atoms with Crippen molar-refractivity contribution >= 4 is 11.6 Å². The highest BCUT2D eigenvalue weighted by Gasteiger charge is 2.07. The van der Waals surface area contributed by atoms with Gasteiger partial charge in [-0.2, -0.15) is 0 Å². The van der Waals surface area contributed by atoms with Gasteiger partial charge in [0.1, 0.15) is 12.4 Å². The van der Waals surface area contributed by atoms with Crippen molar-refractivity contribution < 1.29 is 15.0 Å². The fourth-order valence-electron chi connectivity index (χ4n) is 1.85. The quantitative estimate of drug-likeness (QED) is 0.753. The normalized spacial score (nSPS) is 9.57. The number of carbonyl (C=O) groups is 1. The molecule has 0 aliphatic rings. The number of carbonyl (C=O) groups excluding carboxylic acids is 1. The molecule has 0 atom stereocenters. The van der Waals surface area contributed by atoms with Gasteiger partial charge in [0, 0.05) is 16.8 Å². The van der Waals surface area contributed by atoms with Crippen LogP contribution in [-0.4, -0.2) is 22.7 Å². The molecule has 0 radical (unpaired) electrons. The summed E-state index contributed by atoms with van der Waals surface area (Å²) in [5, 5.41) is 21.1. The number of hydrogen-bond donors (Lipinski definition) is 3. The van der Waals surface area contributed by atoms with Crippen molar-refractivity contribution in [1.82, 2.24) is 0 Å². The van der Waals surface area contributed by atoms with Gasteiger partial charge in [-0.15, -0.1) is 0 Å². The standard InChI is InChI=1S/C17H15NO3/c19-10-4-6-13-5-3-8-15(11-13)18-17(21)12-14-7-1-2-9-16(14)20/h1-3,5,7-9,11,19-20H,10,12H2,(H,18,21). The molecule has 2 aromatic rings. The van der Waals surface area contributed by atoms with Crippen LogP contribution in [0.4, 0.5) is 5.69 Å². The van der Waals surface area contributed by atoms with E-state index in [4.69, 9.17) is 5.11 Å². The number of benzene rings is 2. The molecule has 0 spiro atoms. The molecule has 1 amide bonds. The van der Waals surface area contributed by atoms with Gasteiger partial charge in [0.15, 0.2) is 0 Å². The molecule has 3 N–H and O–H groups in total. The highest BCUT2D eigenvalue weighted by molar-refractivity contribution is 5.92. The molecule has 2 aromatic carbocycles. The Morgan fingerprint density at radius 1 is 1.14 bits per heavy atom. The smallest absolute Gasteiger partial charge is 0.228 e. The highest BCUT2D eigenvalue weighted by Crippen LogP contribution is 2.17. The first-order valence-corrected chi connectivity index (χ1v) is 6.45. The van der Waals surface area contributed by atoms with Gasteiger partial charge >= 0.3 is 0 Å². The molecule has 0 bridgehead atoms. The molecule has 0 aliphatic heterocycles. The molecule has 0 aromatic heterocycles. The van der Waals surface area contributed by atoms with Crippen LogP contribution in [0.1, 0.15) is 11.1 Å². The monoisotopic (exact) mass is 281 g/mol. The predicted octanol–water partition coefficient (Wildman–Crippen LogP) is 1.92. The zero-order chi connectivity index (χ0) is 15.1. The lowest BCUT2D eigenvalue weighted by molar-refractivity contribution is -0.115. The second-order valence-electron chi connectivity index (χ2n) is 4.39. The van der Waals surface area contributed by atoms with Crippen LogP contribution in [0, 0.1) is 11.8 Å². The van der Waals surface area contributed by atoms with E-state index in [1.54, 1.807) is 48.5 Å². The molecule has 21 heavy (non-hydrogen) atoms. The molecule has 0 heterocycles. The lowest BCUT2D eigenvalue weighted by Gasteiger charge is -2.07. The Kier molecular flexibility index (Phi) is 4.97. The number of aromatic hydroxyl groups is 1. The zero-order valence-corrected chi connectivity index (χ0v) is 11.3. The van der Waals surface area contributed by atoms with E-state index in [1.807, 2.05) is 0 Å². The highest BCUT2D eigenvalue weighted by atomic mass is 16.3. The third-order valence-corrected chi connectivity index (χ3v) is 2.80. The Morgan fingerprint density at radius 2 is 1.95 bits per heavy atom. The van der Waals surface area contributed by atoms with Gasteiger partial charge in [-0.05, 0) is 24.3 Å². The second kappa shape index (κ2) is 7.13. The molecule has 0 unspecified atom stereocenters. The summed E-state index contributed by atoms with van der Waals surface area (Å²) in [7, 11) is 0. The van der Waals surface area contributed by atoms with Gasteiger partial charge in [-0.25, -0.2) is 0 Å². The summed E-state index contributed by atoms with van der Waals surface area (Å²) >= 11 is 0. The van der Waals surface area contributed by atoms with Crippen LogP contribution in [0.2, 0.25) is 0 Å². The van der Waals surface area contributed by atoms with Crippen molar-refractivity contribution in [3.63, 3.8) is 0 Å². The number of rotatable bonds is 3. The summed E-state index contributed by atoms with van der Waals surface area (Å²) in [6.45, 7) is -0.204. The van der Waals surface area contributed by atoms with Crippen LogP contribution < -0.4 is 5.32 Å². The van der Waals surface area contributed by atoms with Crippen LogP contribution in [0.5, 0.6) is 5.75 Å². The maximum Gasteiger partial charge on any atom is 0.228 e. The molecule has 0 aliphatic carbocycles. The van der Waals surface area contributed by atoms with E-state index < -0.39 is 0 Å². The Labute approximate surface area is 123 Å². The van der Waals surface area contributed by atoms with Crippen molar-refractivity contribution in [1.29, 1.82) is 0 Å². The number of phenolic OH excluding ortho intramolecular Hbond substituents is 1.